The third-order valence-electron chi connectivity index (χ3n) is 5.64. The summed E-state index contributed by atoms with van der Waals surface area (Å²) in [5.41, 5.74) is 2.49. The van der Waals surface area contributed by atoms with E-state index < -0.39 is 34.4 Å². The van der Waals surface area contributed by atoms with Crippen LogP contribution in [0.5, 0.6) is 0 Å². The maximum atomic E-state index is 13.5. The number of nitrogens with one attached hydrogen (secondary N) is 3. The fourth-order valence-corrected chi connectivity index (χ4v) is 5.94. The van der Waals surface area contributed by atoms with Crippen molar-refractivity contribution in [2.24, 2.45) is 0 Å². The molecule has 0 saturated heterocycles. The highest BCUT2D eigenvalue weighted by Crippen LogP contribution is 2.31. The molecule has 0 unspecified atom stereocenters. The van der Waals surface area contributed by atoms with Crippen LogP contribution in [0, 0.1) is 0 Å². The predicted molar refractivity (Wildman–Crippen MR) is 158 cm³/mol. The van der Waals surface area contributed by atoms with E-state index in [9.17, 15) is 18.0 Å². The average Bonchev–Trinajstić information content (AvgIpc) is 3.61. The van der Waals surface area contributed by atoms with Gasteiger partial charge < -0.3 is 15.4 Å². The molecule has 4 rings (SSSR count). The summed E-state index contributed by atoms with van der Waals surface area (Å²) in [5.74, 6) is -0.412. The zero-order valence-electron chi connectivity index (χ0n) is 20.7. The molecule has 0 bridgehead atoms. The number of benzene rings is 2. The van der Waals surface area contributed by atoms with Gasteiger partial charge >= 0.3 is 16.4 Å². The fraction of sp³-hybridized carbons (Fsp3) is 0.222. The Labute approximate surface area is 241 Å². The highest BCUT2D eigenvalue weighted by Gasteiger charge is 2.26. The summed E-state index contributed by atoms with van der Waals surface area (Å²) in [7, 11) is -3.16. The van der Waals surface area contributed by atoms with E-state index in [1.54, 1.807) is 23.5 Å². The predicted octanol–water partition coefficient (Wildman–Crippen LogP) is 5.09. The van der Waals surface area contributed by atoms with Crippen molar-refractivity contribution in [1.82, 2.24) is 15.6 Å². The average molecular weight is 603 g/mol. The molecule has 0 spiro atoms. The maximum absolute atomic E-state index is 13.5. The number of hydrogen-bond donors (Lipinski definition) is 4. The summed E-state index contributed by atoms with van der Waals surface area (Å²) in [6.45, 7) is 0. The second-order valence-electron chi connectivity index (χ2n) is 8.47. The van der Waals surface area contributed by atoms with E-state index in [1.165, 1.54) is 30.6 Å². The van der Waals surface area contributed by atoms with Crippen LogP contribution in [-0.4, -0.2) is 43.1 Å². The number of alkyl carbamates (subject to hydrolysis) is 1. The molecular weight excluding hydrogens is 573 g/mol. The fourth-order valence-electron chi connectivity index (χ4n) is 3.82. The number of carbonyl (C=O) groups is 2. The van der Waals surface area contributed by atoms with E-state index in [2.05, 4.69) is 10.6 Å². The SMILES string of the molecule is C.COC(=O)N[C@@H](Cc1ccccc1)C(=O)N[C@@H](Cc1ccc(NS(=O)(=O)O)cc1)c1csc(-c2cccs2)n1. The number of amides is 2. The standard InChI is InChI=1S/C26H26N4O6S3.CH4/c1-36-26(32)29-21(15-17-6-3-2-4-7-17)24(31)27-20(22-16-38-25(28-22)23-8-5-13-37-23)14-18-9-11-19(12-10-18)30-39(33,34)35;/h2-13,16,20-21,30H,14-15H2,1H3,(H,27,31)(H,29,32)(H,33,34,35);1H4/t20-,21-;/m0./s1. The molecular formula is C27H30N4O6S3. The van der Waals surface area contributed by atoms with Crippen molar-refractivity contribution in [2.75, 3.05) is 11.8 Å². The van der Waals surface area contributed by atoms with Gasteiger partial charge in [-0.15, -0.1) is 22.7 Å². The van der Waals surface area contributed by atoms with Gasteiger partial charge in [-0.1, -0.05) is 56.0 Å². The minimum atomic E-state index is -4.40. The number of ether oxygens (including phenoxy) is 1. The van der Waals surface area contributed by atoms with Gasteiger partial charge in [-0.2, -0.15) is 8.42 Å². The van der Waals surface area contributed by atoms with Crippen molar-refractivity contribution in [3.8, 4) is 9.88 Å². The highest BCUT2D eigenvalue weighted by atomic mass is 32.2. The Bertz CT molecular complexity index is 1490. The molecule has 40 heavy (non-hydrogen) atoms. The Hall–Kier alpha value is -3.78. The van der Waals surface area contributed by atoms with E-state index in [0.717, 1.165) is 21.0 Å². The zero-order chi connectivity index (χ0) is 27.8. The third kappa shape index (κ3) is 8.88. The highest BCUT2D eigenvalue weighted by molar-refractivity contribution is 7.87. The Balaban J connectivity index is 0.00000441. The van der Waals surface area contributed by atoms with E-state index in [4.69, 9.17) is 14.3 Å². The minimum absolute atomic E-state index is 0. The van der Waals surface area contributed by atoms with Crippen molar-refractivity contribution in [1.29, 1.82) is 0 Å². The minimum Gasteiger partial charge on any atom is -0.453 e. The molecule has 4 N–H and O–H groups in total. The first-order valence-corrected chi connectivity index (χ1v) is 14.9. The van der Waals surface area contributed by atoms with Crippen molar-refractivity contribution in [3.05, 3.63) is 94.3 Å². The number of thiazole rings is 1. The van der Waals surface area contributed by atoms with Crippen LogP contribution in [0.1, 0.15) is 30.3 Å². The van der Waals surface area contributed by atoms with E-state index in [0.29, 0.717) is 12.1 Å². The van der Waals surface area contributed by atoms with Gasteiger partial charge in [-0.05, 0) is 41.1 Å². The van der Waals surface area contributed by atoms with Gasteiger partial charge in [0, 0.05) is 11.8 Å². The molecule has 0 fully saturated rings. The summed E-state index contributed by atoms with van der Waals surface area (Å²) < 4.78 is 38.0. The van der Waals surface area contributed by atoms with Gasteiger partial charge in [-0.25, -0.2) is 9.78 Å². The topological polar surface area (TPSA) is 147 Å². The largest absolute Gasteiger partial charge is 0.453 e. The summed E-state index contributed by atoms with van der Waals surface area (Å²) >= 11 is 3.02. The molecule has 2 atom stereocenters. The smallest absolute Gasteiger partial charge is 0.407 e. The second-order valence-corrected chi connectivity index (χ2v) is 11.4. The molecule has 2 amide bonds. The number of carbonyl (C=O) groups excluding carboxylic acids is 2. The lowest BCUT2D eigenvalue weighted by molar-refractivity contribution is -0.123. The van der Waals surface area contributed by atoms with Crippen LogP contribution < -0.4 is 15.4 Å². The van der Waals surface area contributed by atoms with Crippen LogP contribution in [-0.2, 0) is 32.7 Å². The van der Waals surface area contributed by atoms with Crippen molar-refractivity contribution < 1.29 is 27.3 Å². The summed E-state index contributed by atoms with van der Waals surface area (Å²) in [4.78, 5) is 31.3. The first kappa shape index (κ1) is 30.8. The Morgan fingerprint density at radius 3 is 2.27 bits per heavy atom. The van der Waals surface area contributed by atoms with Gasteiger partial charge in [0.05, 0.1) is 29.4 Å². The quantitative estimate of drug-likeness (QED) is 0.175. The van der Waals surface area contributed by atoms with Crippen LogP contribution >= 0.6 is 22.7 Å². The third-order valence-corrected chi connectivity index (χ3v) is 8.04. The van der Waals surface area contributed by atoms with Crippen LogP contribution in [0.4, 0.5) is 10.5 Å². The molecule has 212 valence electrons. The Morgan fingerprint density at radius 1 is 0.950 bits per heavy atom. The molecule has 10 nitrogen and oxygen atoms in total. The molecule has 0 aliphatic heterocycles. The van der Waals surface area contributed by atoms with Crippen LogP contribution in [0.25, 0.3) is 9.88 Å². The van der Waals surface area contributed by atoms with Crippen LogP contribution in [0.3, 0.4) is 0 Å². The number of aromatic nitrogens is 1. The molecule has 0 saturated carbocycles. The Morgan fingerprint density at radius 2 is 1.65 bits per heavy atom. The second kappa shape index (κ2) is 14.0. The lowest BCUT2D eigenvalue weighted by Gasteiger charge is -2.23. The monoisotopic (exact) mass is 602 g/mol. The molecule has 0 radical (unpaired) electrons. The van der Waals surface area contributed by atoms with Gasteiger partial charge in [-0.3, -0.25) is 14.1 Å². The van der Waals surface area contributed by atoms with E-state index in [-0.39, 0.29) is 19.5 Å². The molecule has 2 aromatic carbocycles. The Kier molecular flexibility index (Phi) is 10.8. The number of hydrogen-bond acceptors (Lipinski definition) is 8. The first-order chi connectivity index (χ1) is 18.7. The summed E-state index contributed by atoms with van der Waals surface area (Å²) in [5, 5.41) is 10.3. The molecule has 2 heterocycles. The number of thiophene rings is 1. The van der Waals surface area contributed by atoms with E-state index in [1.807, 2.05) is 57.9 Å². The molecule has 0 aliphatic carbocycles. The number of nitrogens with zero attached hydrogens (tertiary/aromatic N) is 1. The maximum Gasteiger partial charge on any atom is 0.407 e. The number of rotatable bonds is 11. The zero-order valence-corrected chi connectivity index (χ0v) is 23.2. The van der Waals surface area contributed by atoms with Gasteiger partial charge in [0.15, 0.2) is 0 Å². The normalized spacial score (nSPS) is 12.4. The van der Waals surface area contributed by atoms with Crippen LogP contribution in [0.2, 0.25) is 0 Å². The van der Waals surface area contributed by atoms with Crippen molar-refractivity contribution in [3.63, 3.8) is 0 Å². The van der Waals surface area contributed by atoms with Gasteiger partial charge in [0.25, 0.3) is 0 Å². The molecule has 0 aliphatic rings. The molecule has 13 heteroatoms. The summed E-state index contributed by atoms with van der Waals surface area (Å²) in [6.07, 6.45) is -0.137. The van der Waals surface area contributed by atoms with E-state index >= 15 is 0 Å². The number of methoxy groups -OCH3 is 1. The van der Waals surface area contributed by atoms with Crippen molar-refractivity contribution in [2.45, 2.75) is 32.4 Å². The lowest BCUT2D eigenvalue weighted by Crippen LogP contribution is -2.49. The molecule has 4 aromatic rings. The van der Waals surface area contributed by atoms with Crippen LogP contribution in [0.15, 0.2) is 77.5 Å². The van der Waals surface area contributed by atoms with Gasteiger partial charge in [0.2, 0.25) is 5.91 Å². The number of anilines is 1. The van der Waals surface area contributed by atoms with Gasteiger partial charge in [0.1, 0.15) is 11.0 Å². The molecule has 2 aromatic heterocycles. The lowest BCUT2D eigenvalue weighted by atomic mass is 10.0. The first-order valence-electron chi connectivity index (χ1n) is 11.7. The van der Waals surface area contributed by atoms with Crippen molar-refractivity contribution >= 4 is 50.7 Å². The summed E-state index contributed by atoms with van der Waals surface area (Å²) in [6, 6.07) is 18.2.